The van der Waals surface area contributed by atoms with E-state index in [1.165, 1.54) is 6.92 Å². The monoisotopic (exact) mass is 330 g/mol. The lowest BCUT2D eigenvalue weighted by Gasteiger charge is -2.22. The van der Waals surface area contributed by atoms with E-state index in [1.807, 2.05) is 42.5 Å². The van der Waals surface area contributed by atoms with Gasteiger partial charge in [-0.15, -0.1) is 0 Å². The van der Waals surface area contributed by atoms with Crippen molar-refractivity contribution < 1.29 is 9.59 Å². The molecule has 23 heavy (non-hydrogen) atoms. The molecule has 4 nitrogen and oxygen atoms in total. The highest BCUT2D eigenvalue weighted by atomic mass is 35.5. The molecular weight excluding hydrogens is 312 g/mol. The molecule has 1 unspecified atom stereocenters. The molecule has 120 valence electrons. The van der Waals surface area contributed by atoms with Crippen molar-refractivity contribution in [3.05, 3.63) is 65.2 Å². The zero-order valence-electron chi connectivity index (χ0n) is 13.1. The topological polar surface area (TPSA) is 49.4 Å². The molecule has 0 saturated carbocycles. The van der Waals surface area contributed by atoms with Crippen molar-refractivity contribution in [2.24, 2.45) is 0 Å². The van der Waals surface area contributed by atoms with Gasteiger partial charge >= 0.3 is 0 Å². The Bertz CT molecular complexity index is 671. The average Bonchev–Trinajstić information content (AvgIpc) is 2.54. The summed E-state index contributed by atoms with van der Waals surface area (Å²) in [4.78, 5) is 25.6. The largest absolute Gasteiger partial charge is 0.349 e. The van der Waals surface area contributed by atoms with Gasteiger partial charge in [-0.3, -0.25) is 9.59 Å². The van der Waals surface area contributed by atoms with Crippen LogP contribution in [-0.4, -0.2) is 18.9 Å². The van der Waals surface area contributed by atoms with E-state index >= 15 is 0 Å². The normalized spacial score (nSPS) is 11.6. The molecule has 0 aliphatic rings. The van der Waals surface area contributed by atoms with Crippen molar-refractivity contribution in [1.82, 2.24) is 5.32 Å². The molecule has 1 N–H and O–H groups in total. The van der Waals surface area contributed by atoms with Gasteiger partial charge in [-0.25, -0.2) is 0 Å². The van der Waals surface area contributed by atoms with Crippen LogP contribution in [0, 0.1) is 0 Å². The van der Waals surface area contributed by atoms with E-state index in [9.17, 15) is 9.59 Å². The van der Waals surface area contributed by atoms with E-state index in [1.54, 1.807) is 24.1 Å². The first kappa shape index (κ1) is 17.0. The fourth-order valence-corrected chi connectivity index (χ4v) is 2.43. The molecule has 0 spiro atoms. The van der Waals surface area contributed by atoms with Gasteiger partial charge in [0.2, 0.25) is 11.8 Å². The Morgan fingerprint density at radius 1 is 1.09 bits per heavy atom. The molecule has 0 aliphatic carbocycles. The lowest BCUT2D eigenvalue weighted by atomic mass is 10.0. The van der Waals surface area contributed by atoms with Crippen LogP contribution in [0.2, 0.25) is 5.02 Å². The van der Waals surface area contributed by atoms with Gasteiger partial charge in [0.1, 0.15) is 0 Å². The van der Waals surface area contributed by atoms with Crippen LogP contribution in [0.25, 0.3) is 0 Å². The van der Waals surface area contributed by atoms with Gasteiger partial charge in [-0.2, -0.15) is 0 Å². The Balaban J connectivity index is 2.15. The number of carbonyl (C=O) groups excluding carboxylic acids is 2. The van der Waals surface area contributed by atoms with E-state index in [0.29, 0.717) is 5.02 Å². The third kappa shape index (κ3) is 4.83. The molecular formula is C18H19ClN2O2. The van der Waals surface area contributed by atoms with Crippen LogP contribution in [0.5, 0.6) is 0 Å². The molecule has 0 bridgehead atoms. The quantitative estimate of drug-likeness (QED) is 0.911. The molecule has 0 heterocycles. The SMILES string of the molecule is CC(=O)NC(CC(=O)N(C)c1ccccc1)c1ccc(Cl)cc1. The number of halogens is 1. The van der Waals surface area contributed by atoms with Gasteiger partial charge in [0.15, 0.2) is 0 Å². The standard InChI is InChI=1S/C18H19ClN2O2/c1-13(22)20-17(14-8-10-15(19)11-9-14)12-18(23)21(2)16-6-4-3-5-7-16/h3-11,17H,12H2,1-2H3,(H,20,22). The Morgan fingerprint density at radius 3 is 2.26 bits per heavy atom. The summed E-state index contributed by atoms with van der Waals surface area (Å²) in [5.74, 6) is -0.259. The Morgan fingerprint density at radius 2 is 1.70 bits per heavy atom. The highest BCUT2D eigenvalue weighted by molar-refractivity contribution is 6.30. The molecule has 2 amide bonds. The number of nitrogens with one attached hydrogen (secondary N) is 1. The second kappa shape index (κ2) is 7.79. The fourth-order valence-electron chi connectivity index (χ4n) is 2.30. The van der Waals surface area contributed by atoms with Crippen LogP contribution in [-0.2, 0) is 9.59 Å². The summed E-state index contributed by atoms with van der Waals surface area (Å²) >= 11 is 5.90. The summed E-state index contributed by atoms with van der Waals surface area (Å²) in [6, 6.07) is 16.1. The Kier molecular flexibility index (Phi) is 5.77. The number of benzene rings is 2. The van der Waals surface area contributed by atoms with Crippen LogP contribution in [0.1, 0.15) is 24.9 Å². The maximum atomic E-state index is 12.5. The highest BCUT2D eigenvalue weighted by Gasteiger charge is 2.20. The Labute approximate surface area is 141 Å². The van der Waals surface area contributed by atoms with Crippen molar-refractivity contribution in [2.75, 3.05) is 11.9 Å². The number of hydrogen-bond acceptors (Lipinski definition) is 2. The summed E-state index contributed by atoms with van der Waals surface area (Å²) < 4.78 is 0. The number of hydrogen-bond donors (Lipinski definition) is 1. The minimum Gasteiger partial charge on any atom is -0.349 e. The lowest BCUT2D eigenvalue weighted by molar-refractivity contribution is -0.121. The predicted octanol–water partition coefficient (Wildman–Crippen LogP) is 3.57. The van der Waals surface area contributed by atoms with Crippen LogP contribution in [0.4, 0.5) is 5.69 Å². The van der Waals surface area contributed by atoms with Gasteiger partial charge in [0.25, 0.3) is 0 Å². The van der Waals surface area contributed by atoms with Gasteiger partial charge in [-0.1, -0.05) is 41.9 Å². The number of carbonyl (C=O) groups is 2. The van der Waals surface area contributed by atoms with Gasteiger partial charge in [-0.05, 0) is 29.8 Å². The van der Waals surface area contributed by atoms with Crippen LogP contribution >= 0.6 is 11.6 Å². The zero-order valence-corrected chi connectivity index (χ0v) is 13.9. The van der Waals surface area contributed by atoms with E-state index in [4.69, 9.17) is 11.6 Å². The average molecular weight is 331 g/mol. The first-order chi connectivity index (χ1) is 11.0. The van der Waals surface area contributed by atoms with Crippen molar-refractivity contribution in [1.29, 1.82) is 0 Å². The molecule has 2 rings (SSSR count). The molecule has 0 aliphatic heterocycles. The van der Waals surface area contributed by atoms with Crippen LogP contribution in [0.3, 0.4) is 0 Å². The Hall–Kier alpha value is -2.33. The van der Waals surface area contributed by atoms with E-state index in [0.717, 1.165) is 11.3 Å². The minimum absolute atomic E-state index is 0.0788. The highest BCUT2D eigenvalue weighted by Crippen LogP contribution is 2.22. The number of para-hydroxylation sites is 1. The number of anilines is 1. The number of nitrogens with zero attached hydrogens (tertiary/aromatic N) is 1. The molecule has 0 saturated heterocycles. The third-order valence-corrected chi connectivity index (χ3v) is 3.80. The van der Waals surface area contributed by atoms with E-state index in [2.05, 4.69) is 5.32 Å². The zero-order chi connectivity index (χ0) is 16.8. The summed E-state index contributed by atoms with van der Waals surface area (Å²) in [5.41, 5.74) is 1.66. The van der Waals surface area contributed by atoms with Gasteiger partial charge in [0.05, 0.1) is 12.5 Å². The molecule has 5 heteroatoms. The third-order valence-electron chi connectivity index (χ3n) is 3.55. The fraction of sp³-hybridized carbons (Fsp3) is 0.222. The second-order valence-electron chi connectivity index (χ2n) is 5.30. The molecule has 0 radical (unpaired) electrons. The van der Waals surface area contributed by atoms with Crippen LogP contribution < -0.4 is 10.2 Å². The lowest BCUT2D eigenvalue weighted by Crippen LogP contribution is -2.33. The molecule has 2 aromatic rings. The summed E-state index contributed by atoms with van der Waals surface area (Å²) in [6.45, 7) is 1.44. The maximum absolute atomic E-state index is 12.5. The van der Waals surface area contributed by atoms with Crippen molar-refractivity contribution in [3.63, 3.8) is 0 Å². The van der Waals surface area contributed by atoms with E-state index in [-0.39, 0.29) is 24.3 Å². The molecule has 0 fully saturated rings. The second-order valence-corrected chi connectivity index (χ2v) is 5.73. The summed E-state index contributed by atoms with van der Waals surface area (Å²) in [7, 11) is 1.73. The van der Waals surface area contributed by atoms with Crippen molar-refractivity contribution in [2.45, 2.75) is 19.4 Å². The number of rotatable bonds is 5. The predicted molar refractivity (Wildman–Crippen MR) is 92.5 cm³/mol. The maximum Gasteiger partial charge on any atom is 0.229 e. The van der Waals surface area contributed by atoms with Crippen LogP contribution in [0.15, 0.2) is 54.6 Å². The minimum atomic E-state index is -0.386. The van der Waals surface area contributed by atoms with Gasteiger partial charge < -0.3 is 10.2 Å². The van der Waals surface area contributed by atoms with Crippen molar-refractivity contribution >= 4 is 29.1 Å². The first-order valence-electron chi connectivity index (χ1n) is 7.31. The smallest absolute Gasteiger partial charge is 0.229 e. The summed E-state index contributed by atoms with van der Waals surface area (Å²) in [5, 5.41) is 3.44. The molecule has 0 aromatic heterocycles. The molecule has 1 atom stereocenters. The molecule has 2 aromatic carbocycles. The van der Waals surface area contributed by atoms with Crippen molar-refractivity contribution in [3.8, 4) is 0 Å². The van der Waals surface area contributed by atoms with E-state index < -0.39 is 0 Å². The van der Waals surface area contributed by atoms with Gasteiger partial charge in [0, 0.05) is 24.7 Å². The number of amides is 2. The summed E-state index contributed by atoms with van der Waals surface area (Å²) in [6.07, 6.45) is 0.173. The first-order valence-corrected chi connectivity index (χ1v) is 7.69.